The minimum Gasteiger partial charge on any atom is -0.378 e. The second kappa shape index (κ2) is 5.71. The minimum absolute atomic E-state index is 0.151. The van der Waals surface area contributed by atoms with Crippen molar-refractivity contribution < 1.29 is 0 Å². The van der Waals surface area contributed by atoms with Crippen LogP contribution in [0.15, 0.2) is 21.7 Å². The zero-order valence-corrected chi connectivity index (χ0v) is 11.9. The molecule has 0 aliphatic rings. The minimum atomic E-state index is -0.258. The summed E-state index contributed by atoms with van der Waals surface area (Å²) in [5.74, 6) is 2.38. The third kappa shape index (κ3) is 2.85. The fraction of sp³-hybridized carbons (Fsp3) is 0.250. The maximum Gasteiger partial charge on any atom is 0.284 e. The molecule has 0 aromatic carbocycles. The van der Waals surface area contributed by atoms with Crippen LogP contribution >= 0.6 is 15.9 Å². The summed E-state index contributed by atoms with van der Waals surface area (Å²) in [7, 11) is 0. The fourth-order valence-corrected chi connectivity index (χ4v) is 1.98. The number of rotatable bonds is 4. The first-order valence-corrected chi connectivity index (χ1v) is 6.34. The van der Waals surface area contributed by atoms with Gasteiger partial charge in [-0.2, -0.15) is 10.2 Å². The molecule has 7 heteroatoms. The van der Waals surface area contributed by atoms with Crippen molar-refractivity contribution in [2.24, 2.45) is 0 Å². The Morgan fingerprint density at radius 2 is 2.37 bits per heavy atom. The summed E-state index contributed by atoms with van der Waals surface area (Å²) in [4.78, 5) is 11.9. The van der Waals surface area contributed by atoms with Crippen LogP contribution in [0.1, 0.15) is 11.3 Å². The molecule has 0 bridgehead atoms. The number of hydrogen-bond acceptors (Lipinski definition) is 4. The molecule has 0 fully saturated rings. The number of aryl methyl sites for hydroxylation is 1. The predicted molar refractivity (Wildman–Crippen MR) is 75.7 cm³/mol. The van der Waals surface area contributed by atoms with Crippen LogP contribution in [0.2, 0.25) is 0 Å². The highest BCUT2D eigenvalue weighted by atomic mass is 79.9. The van der Waals surface area contributed by atoms with Gasteiger partial charge in [-0.3, -0.25) is 9.89 Å². The molecule has 2 aromatic heterocycles. The number of terminal acetylenes is 1. The molecule has 6 nitrogen and oxygen atoms in total. The molecular formula is C12H12BrN5O. The molecule has 0 saturated carbocycles. The summed E-state index contributed by atoms with van der Waals surface area (Å²) in [5.41, 5.74) is 2.38. The monoisotopic (exact) mass is 321 g/mol. The van der Waals surface area contributed by atoms with E-state index in [1.165, 1.54) is 4.68 Å². The lowest BCUT2D eigenvalue weighted by molar-refractivity contribution is 0.659. The first kappa shape index (κ1) is 13.4. The smallest absolute Gasteiger partial charge is 0.284 e. The number of hydrogen-bond donors (Lipinski definition) is 2. The van der Waals surface area contributed by atoms with Crippen molar-refractivity contribution in [3.63, 3.8) is 0 Å². The van der Waals surface area contributed by atoms with E-state index >= 15 is 0 Å². The summed E-state index contributed by atoms with van der Waals surface area (Å²) in [6, 6.07) is 0. The van der Waals surface area contributed by atoms with E-state index in [0.29, 0.717) is 16.7 Å². The molecule has 0 saturated heterocycles. The average molecular weight is 322 g/mol. The quantitative estimate of drug-likeness (QED) is 0.832. The van der Waals surface area contributed by atoms with Crippen LogP contribution in [0.3, 0.4) is 0 Å². The van der Waals surface area contributed by atoms with E-state index in [9.17, 15) is 4.79 Å². The van der Waals surface area contributed by atoms with Crippen molar-refractivity contribution in [2.45, 2.75) is 20.0 Å². The van der Waals surface area contributed by atoms with Gasteiger partial charge in [-0.15, -0.1) is 6.42 Å². The van der Waals surface area contributed by atoms with Gasteiger partial charge in [0.15, 0.2) is 0 Å². The van der Waals surface area contributed by atoms with Crippen LogP contribution in [-0.4, -0.2) is 20.0 Å². The highest BCUT2D eigenvalue weighted by Crippen LogP contribution is 2.17. The number of nitrogens with one attached hydrogen (secondary N) is 2. The Kier molecular flexibility index (Phi) is 4.02. The number of nitrogens with zero attached hydrogens (tertiary/aromatic N) is 3. The van der Waals surface area contributed by atoms with Crippen LogP contribution in [0.4, 0.5) is 5.69 Å². The molecule has 0 unspecified atom stereocenters. The van der Waals surface area contributed by atoms with Crippen molar-refractivity contribution in [3.05, 3.63) is 38.5 Å². The van der Waals surface area contributed by atoms with Crippen molar-refractivity contribution in [3.8, 4) is 12.3 Å². The molecule has 2 rings (SSSR count). The normalized spacial score (nSPS) is 10.2. The van der Waals surface area contributed by atoms with Gasteiger partial charge in [-0.25, -0.2) is 4.68 Å². The molecule has 0 amide bonds. The third-order valence-electron chi connectivity index (χ3n) is 2.63. The summed E-state index contributed by atoms with van der Waals surface area (Å²) in [6.07, 6.45) is 8.47. The van der Waals surface area contributed by atoms with Crippen LogP contribution in [0.5, 0.6) is 0 Å². The first-order valence-electron chi connectivity index (χ1n) is 5.55. The molecule has 0 radical (unpaired) electrons. The van der Waals surface area contributed by atoms with Crippen LogP contribution in [-0.2, 0) is 13.1 Å². The summed E-state index contributed by atoms with van der Waals surface area (Å²) in [5, 5.41) is 13.9. The van der Waals surface area contributed by atoms with E-state index in [0.717, 1.165) is 11.3 Å². The van der Waals surface area contributed by atoms with Gasteiger partial charge in [0.25, 0.3) is 5.56 Å². The number of halogens is 1. The first-order chi connectivity index (χ1) is 9.13. The Bertz CT molecular complexity index is 682. The lowest BCUT2D eigenvalue weighted by Gasteiger charge is -2.08. The zero-order valence-electron chi connectivity index (χ0n) is 10.3. The molecule has 2 aromatic rings. The number of aromatic amines is 1. The Labute approximate surface area is 118 Å². The lowest BCUT2D eigenvalue weighted by atomic mass is 10.2. The maximum atomic E-state index is 11.9. The largest absolute Gasteiger partial charge is 0.378 e. The SMILES string of the molecule is C#CCn1ncc(NCc2cn[nH]c2C)c(Br)c1=O. The van der Waals surface area contributed by atoms with E-state index < -0.39 is 0 Å². The number of aromatic nitrogens is 4. The molecule has 0 aliphatic carbocycles. The maximum absolute atomic E-state index is 11.9. The van der Waals surface area contributed by atoms with Crippen molar-refractivity contribution in [1.82, 2.24) is 20.0 Å². The Morgan fingerprint density at radius 3 is 3.00 bits per heavy atom. The van der Waals surface area contributed by atoms with Gasteiger partial charge in [-0.05, 0) is 22.9 Å². The standard InChI is InChI=1S/C12H12BrN5O/c1-3-4-18-12(19)11(13)10(7-16-18)14-5-9-6-15-17-8(9)2/h1,6-7,14H,4-5H2,2H3,(H,15,17). The Morgan fingerprint density at radius 1 is 1.58 bits per heavy atom. The van der Waals surface area contributed by atoms with Gasteiger partial charge in [0.05, 0.1) is 18.1 Å². The van der Waals surface area contributed by atoms with E-state index in [-0.39, 0.29) is 12.1 Å². The van der Waals surface area contributed by atoms with E-state index in [1.807, 2.05) is 6.92 Å². The highest BCUT2D eigenvalue weighted by Gasteiger charge is 2.08. The predicted octanol–water partition coefficient (Wildman–Crippen LogP) is 1.28. The van der Waals surface area contributed by atoms with Gasteiger partial charge in [0, 0.05) is 17.8 Å². The van der Waals surface area contributed by atoms with Gasteiger partial charge >= 0.3 is 0 Å². The molecule has 0 aliphatic heterocycles. The van der Waals surface area contributed by atoms with Crippen molar-refractivity contribution >= 4 is 21.6 Å². The highest BCUT2D eigenvalue weighted by molar-refractivity contribution is 9.10. The Hall–Kier alpha value is -2.07. The molecule has 2 N–H and O–H groups in total. The lowest BCUT2D eigenvalue weighted by Crippen LogP contribution is -2.24. The van der Waals surface area contributed by atoms with Gasteiger partial charge < -0.3 is 5.32 Å². The summed E-state index contributed by atoms with van der Waals surface area (Å²) < 4.78 is 1.64. The average Bonchev–Trinajstić information content (AvgIpc) is 2.80. The summed E-state index contributed by atoms with van der Waals surface area (Å²) in [6.45, 7) is 2.64. The van der Waals surface area contributed by atoms with E-state index in [1.54, 1.807) is 12.4 Å². The molecule has 0 atom stereocenters. The number of H-pyrrole nitrogens is 1. The summed E-state index contributed by atoms with van der Waals surface area (Å²) >= 11 is 3.26. The van der Waals surface area contributed by atoms with Crippen LogP contribution < -0.4 is 10.9 Å². The van der Waals surface area contributed by atoms with Gasteiger partial charge in [0.1, 0.15) is 11.0 Å². The van der Waals surface area contributed by atoms with E-state index in [2.05, 4.69) is 42.5 Å². The Balaban J connectivity index is 2.18. The van der Waals surface area contributed by atoms with Crippen LogP contribution in [0, 0.1) is 19.3 Å². The molecule has 19 heavy (non-hydrogen) atoms. The van der Waals surface area contributed by atoms with E-state index in [4.69, 9.17) is 6.42 Å². The van der Waals surface area contributed by atoms with Crippen LogP contribution in [0.25, 0.3) is 0 Å². The zero-order chi connectivity index (χ0) is 13.8. The van der Waals surface area contributed by atoms with Crippen molar-refractivity contribution in [2.75, 3.05) is 5.32 Å². The topological polar surface area (TPSA) is 75.6 Å². The van der Waals surface area contributed by atoms with Gasteiger partial charge in [-0.1, -0.05) is 5.92 Å². The molecule has 98 valence electrons. The third-order valence-corrected chi connectivity index (χ3v) is 3.40. The molecule has 0 spiro atoms. The van der Waals surface area contributed by atoms with Gasteiger partial charge in [0.2, 0.25) is 0 Å². The van der Waals surface area contributed by atoms with Crippen molar-refractivity contribution in [1.29, 1.82) is 0 Å². The molecular weight excluding hydrogens is 310 g/mol. The second-order valence-corrected chi connectivity index (χ2v) is 4.71. The number of anilines is 1. The fourth-order valence-electron chi connectivity index (χ4n) is 1.53. The second-order valence-electron chi connectivity index (χ2n) is 3.91. The molecule has 2 heterocycles.